The van der Waals surface area contributed by atoms with E-state index in [0.29, 0.717) is 6.54 Å². The number of carbonyl (C=O) groups excluding carboxylic acids is 1. The molecule has 1 saturated carbocycles. The molecule has 5 nitrogen and oxygen atoms in total. The highest BCUT2D eigenvalue weighted by Gasteiger charge is 2.33. The summed E-state index contributed by atoms with van der Waals surface area (Å²) in [6.45, 7) is 0.541. The number of rotatable bonds is 4. The Morgan fingerprint density at radius 3 is 2.60 bits per heavy atom. The molecule has 154 valence electrons. The van der Waals surface area contributed by atoms with Gasteiger partial charge >= 0.3 is 6.03 Å². The van der Waals surface area contributed by atoms with Crippen LogP contribution in [-0.2, 0) is 6.54 Å². The Morgan fingerprint density at radius 1 is 1.07 bits per heavy atom. The lowest BCUT2D eigenvalue weighted by molar-refractivity contribution is 0.239. The van der Waals surface area contributed by atoms with Crippen LogP contribution in [0, 0.1) is 0 Å². The number of aromatic nitrogens is 1. The molecule has 6 heteroatoms. The van der Waals surface area contributed by atoms with Crippen molar-refractivity contribution in [1.82, 2.24) is 10.3 Å². The van der Waals surface area contributed by atoms with Crippen molar-refractivity contribution in [3.8, 4) is 11.1 Å². The summed E-state index contributed by atoms with van der Waals surface area (Å²) >= 11 is 1.59. The number of benzene rings is 2. The molecule has 1 aliphatic heterocycles. The van der Waals surface area contributed by atoms with Gasteiger partial charge in [0.1, 0.15) is 0 Å². The van der Waals surface area contributed by atoms with Crippen molar-refractivity contribution in [2.24, 2.45) is 0 Å². The van der Waals surface area contributed by atoms with Crippen molar-refractivity contribution < 1.29 is 4.79 Å². The first-order chi connectivity index (χ1) is 14.7. The predicted octanol–water partition coefficient (Wildman–Crippen LogP) is 5.95. The van der Waals surface area contributed by atoms with Gasteiger partial charge in [-0.15, -0.1) is 0 Å². The SMILES string of the molecule is CSNc1ccc(-c2ccc3ncc4c(c3c2)N(C2CCCCC2)C(=O)NC4)cc1. The highest BCUT2D eigenvalue weighted by atomic mass is 32.2. The minimum Gasteiger partial charge on any atom is -0.333 e. The minimum absolute atomic E-state index is 0.0276. The van der Waals surface area contributed by atoms with Crippen LogP contribution in [0.3, 0.4) is 0 Å². The van der Waals surface area contributed by atoms with E-state index in [1.807, 2.05) is 17.4 Å². The average Bonchev–Trinajstić information content (AvgIpc) is 2.80. The maximum Gasteiger partial charge on any atom is 0.322 e. The Bertz CT molecular complexity index is 1080. The zero-order valence-corrected chi connectivity index (χ0v) is 18.0. The fourth-order valence-corrected chi connectivity index (χ4v) is 5.08. The number of pyridine rings is 1. The normalized spacial score (nSPS) is 17.0. The second-order valence-electron chi connectivity index (χ2n) is 8.07. The van der Waals surface area contributed by atoms with Gasteiger partial charge in [-0.1, -0.05) is 49.4 Å². The van der Waals surface area contributed by atoms with E-state index in [1.54, 1.807) is 11.9 Å². The number of anilines is 2. The van der Waals surface area contributed by atoms with E-state index >= 15 is 0 Å². The number of hydrogen-bond acceptors (Lipinski definition) is 4. The van der Waals surface area contributed by atoms with Crippen molar-refractivity contribution in [1.29, 1.82) is 0 Å². The van der Waals surface area contributed by atoms with E-state index < -0.39 is 0 Å². The van der Waals surface area contributed by atoms with Crippen molar-refractivity contribution >= 4 is 40.3 Å². The molecule has 0 radical (unpaired) electrons. The zero-order valence-electron chi connectivity index (χ0n) is 17.1. The molecule has 0 unspecified atom stereocenters. The highest BCUT2D eigenvalue weighted by molar-refractivity contribution is 7.99. The number of nitrogens with zero attached hydrogens (tertiary/aromatic N) is 2. The molecule has 3 aromatic rings. The van der Waals surface area contributed by atoms with Crippen molar-refractivity contribution in [2.75, 3.05) is 15.9 Å². The summed E-state index contributed by atoms with van der Waals surface area (Å²) in [5.41, 5.74) is 6.48. The van der Waals surface area contributed by atoms with Crippen molar-refractivity contribution in [3.63, 3.8) is 0 Å². The second-order valence-corrected chi connectivity index (χ2v) is 8.68. The van der Waals surface area contributed by atoms with Gasteiger partial charge in [0.25, 0.3) is 0 Å². The van der Waals surface area contributed by atoms with Gasteiger partial charge in [0.2, 0.25) is 0 Å². The lowest BCUT2D eigenvalue weighted by Gasteiger charge is -2.38. The van der Waals surface area contributed by atoms with Gasteiger partial charge in [0.15, 0.2) is 0 Å². The zero-order chi connectivity index (χ0) is 20.5. The molecule has 0 atom stereocenters. The smallest absolute Gasteiger partial charge is 0.322 e. The van der Waals surface area contributed by atoms with Crippen LogP contribution < -0.4 is 14.9 Å². The molecule has 0 saturated heterocycles. The number of fused-ring (bicyclic) bond motifs is 3. The second kappa shape index (κ2) is 8.19. The number of carbonyl (C=O) groups is 1. The van der Waals surface area contributed by atoms with E-state index in [9.17, 15) is 4.79 Å². The maximum atomic E-state index is 12.9. The lowest BCUT2D eigenvalue weighted by atomic mass is 9.92. The first-order valence-corrected chi connectivity index (χ1v) is 11.9. The monoisotopic (exact) mass is 418 g/mol. The molecule has 0 spiro atoms. The third kappa shape index (κ3) is 3.49. The Kier molecular flexibility index (Phi) is 5.25. The molecule has 30 heavy (non-hydrogen) atoms. The Hall–Kier alpha value is -2.73. The van der Waals surface area contributed by atoms with Crippen LogP contribution >= 0.6 is 11.9 Å². The van der Waals surface area contributed by atoms with Gasteiger partial charge in [0.05, 0.1) is 11.2 Å². The average molecular weight is 419 g/mol. The molecule has 1 fully saturated rings. The van der Waals surface area contributed by atoms with Gasteiger partial charge in [-0.05, 0) is 48.2 Å². The molecule has 2 aliphatic rings. The van der Waals surface area contributed by atoms with Gasteiger partial charge in [-0.25, -0.2) is 4.79 Å². The summed E-state index contributed by atoms with van der Waals surface area (Å²) in [4.78, 5) is 19.6. The summed E-state index contributed by atoms with van der Waals surface area (Å²) in [6.07, 6.45) is 9.72. The van der Waals surface area contributed by atoms with Crippen LogP contribution in [0.4, 0.5) is 16.2 Å². The van der Waals surface area contributed by atoms with E-state index in [2.05, 4.69) is 57.5 Å². The summed E-state index contributed by atoms with van der Waals surface area (Å²) in [5, 5.41) is 4.12. The van der Waals surface area contributed by atoms with E-state index in [0.717, 1.165) is 51.8 Å². The van der Waals surface area contributed by atoms with Crippen LogP contribution in [-0.4, -0.2) is 23.3 Å². The number of amides is 2. The van der Waals surface area contributed by atoms with Crippen molar-refractivity contribution in [2.45, 2.75) is 44.7 Å². The molecule has 0 bridgehead atoms. The first-order valence-electron chi connectivity index (χ1n) is 10.6. The summed E-state index contributed by atoms with van der Waals surface area (Å²) in [5.74, 6) is 0. The fraction of sp³-hybridized carbons (Fsp3) is 0.333. The Labute approximate surface area is 181 Å². The Balaban J connectivity index is 1.61. The molecule has 1 aliphatic carbocycles. The number of nitrogens with one attached hydrogen (secondary N) is 2. The van der Waals surface area contributed by atoms with Crippen LogP contribution in [0.5, 0.6) is 0 Å². The first kappa shape index (κ1) is 19.2. The van der Waals surface area contributed by atoms with Crippen LogP contribution in [0.2, 0.25) is 0 Å². The molecule has 5 rings (SSSR count). The van der Waals surface area contributed by atoms with E-state index in [1.165, 1.54) is 19.3 Å². The van der Waals surface area contributed by atoms with E-state index in [4.69, 9.17) is 0 Å². The molecule has 2 heterocycles. The van der Waals surface area contributed by atoms with Gasteiger partial charge < -0.3 is 10.0 Å². The molecular weight excluding hydrogens is 392 g/mol. The van der Waals surface area contributed by atoms with Crippen LogP contribution in [0.15, 0.2) is 48.7 Å². The van der Waals surface area contributed by atoms with Gasteiger partial charge in [-0.2, -0.15) is 0 Å². The van der Waals surface area contributed by atoms with Crippen LogP contribution in [0.1, 0.15) is 37.7 Å². The molecule has 2 amide bonds. The molecule has 1 aromatic heterocycles. The fourth-order valence-electron chi connectivity index (χ4n) is 4.71. The highest BCUT2D eigenvalue weighted by Crippen LogP contribution is 2.38. The molecular formula is C24H26N4OS. The predicted molar refractivity (Wildman–Crippen MR) is 126 cm³/mol. The largest absolute Gasteiger partial charge is 0.333 e. The molecule has 2 N–H and O–H groups in total. The topological polar surface area (TPSA) is 57.3 Å². The third-order valence-corrected chi connectivity index (χ3v) is 6.62. The summed E-state index contributed by atoms with van der Waals surface area (Å²) < 4.78 is 3.26. The minimum atomic E-state index is 0.0276. The standard InChI is InChI=1S/C24H26N4OS/c1-30-27-19-10-7-16(8-11-19)17-9-12-22-21(13-17)23-18(14-25-22)15-26-24(29)28(23)20-5-3-2-4-6-20/h7-14,20,27H,2-6,15H2,1H3,(H,26,29). The van der Waals surface area contributed by atoms with Crippen molar-refractivity contribution in [3.05, 3.63) is 54.2 Å². The lowest BCUT2D eigenvalue weighted by Crippen LogP contribution is -2.50. The Morgan fingerprint density at radius 2 is 1.83 bits per heavy atom. The summed E-state index contributed by atoms with van der Waals surface area (Å²) in [7, 11) is 0. The van der Waals surface area contributed by atoms with Gasteiger partial charge in [-0.3, -0.25) is 9.88 Å². The van der Waals surface area contributed by atoms with Gasteiger partial charge in [0, 0.05) is 41.7 Å². The number of hydrogen-bond donors (Lipinski definition) is 2. The van der Waals surface area contributed by atoms with Crippen LogP contribution in [0.25, 0.3) is 22.0 Å². The summed E-state index contributed by atoms with van der Waals surface area (Å²) in [6, 6.07) is 15.1. The maximum absolute atomic E-state index is 12.9. The number of urea groups is 1. The quantitative estimate of drug-likeness (QED) is 0.514. The third-order valence-electron chi connectivity index (χ3n) is 6.18. The van der Waals surface area contributed by atoms with E-state index in [-0.39, 0.29) is 12.1 Å². The molecule has 2 aromatic carbocycles.